The summed E-state index contributed by atoms with van der Waals surface area (Å²) in [4.78, 5) is 0. The highest BCUT2D eigenvalue weighted by Gasteiger charge is 2.59. The van der Waals surface area contributed by atoms with Gasteiger partial charge in [-0.2, -0.15) is 0 Å². The predicted octanol–water partition coefficient (Wildman–Crippen LogP) is 5.85. The molecule has 1 aliphatic heterocycles. The molecule has 4 fully saturated rings. The molecule has 5 rings (SSSR count). The highest BCUT2D eigenvalue weighted by atomic mass is 16.7. The second kappa shape index (κ2) is 10.8. The van der Waals surface area contributed by atoms with Crippen LogP contribution in [0, 0.1) is 46.3 Å². The van der Waals surface area contributed by atoms with Crippen molar-refractivity contribution in [2.45, 2.75) is 136 Å². The first kappa shape index (κ1) is 28.1. The summed E-state index contributed by atoms with van der Waals surface area (Å²) in [6.07, 6.45) is 12.2. The Kier molecular flexibility index (Phi) is 8.23. The molecule has 3 saturated carbocycles. The van der Waals surface area contributed by atoms with Gasteiger partial charge in [0.2, 0.25) is 0 Å². The summed E-state index contributed by atoms with van der Waals surface area (Å²) in [5, 5.41) is 30.1. The molecule has 0 spiro atoms. The van der Waals surface area contributed by atoms with Crippen LogP contribution in [-0.2, 0) is 9.47 Å². The minimum absolute atomic E-state index is 0.00271. The van der Waals surface area contributed by atoms with E-state index < -0.39 is 24.6 Å². The van der Waals surface area contributed by atoms with Crippen molar-refractivity contribution in [2.24, 2.45) is 46.3 Å². The molecular formula is C32H54O5. The first-order valence-corrected chi connectivity index (χ1v) is 15.6. The maximum absolute atomic E-state index is 10.3. The molecule has 1 saturated heterocycles. The van der Waals surface area contributed by atoms with Gasteiger partial charge < -0.3 is 24.8 Å². The minimum atomic E-state index is -1.22. The van der Waals surface area contributed by atoms with Crippen LogP contribution in [0.3, 0.4) is 0 Å². The van der Waals surface area contributed by atoms with Gasteiger partial charge in [-0.1, -0.05) is 65.5 Å². The zero-order valence-electron chi connectivity index (χ0n) is 24.1. The van der Waals surface area contributed by atoms with Crippen molar-refractivity contribution >= 4 is 0 Å². The summed E-state index contributed by atoms with van der Waals surface area (Å²) in [5.74, 6) is 5.02. The quantitative estimate of drug-likeness (QED) is 0.368. The van der Waals surface area contributed by atoms with Crippen molar-refractivity contribution in [2.75, 3.05) is 6.61 Å². The lowest BCUT2D eigenvalue weighted by molar-refractivity contribution is -0.284. The molecule has 0 aromatic rings. The van der Waals surface area contributed by atoms with Gasteiger partial charge in [-0.15, -0.1) is 0 Å². The summed E-state index contributed by atoms with van der Waals surface area (Å²) < 4.78 is 11.7. The second-order valence-corrected chi connectivity index (χ2v) is 14.5. The summed E-state index contributed by atoms with van der Waals surface area (Å²) in [5.41, 5.74) is 2.32. The van der Waals surface area contributed by atoms with E-state index in [0.717, 1.165) is 54.8 Å². The van der Waals surface area contributed by atoms with E-state index in [-0.39, 0.29) is 18.1 Å². The Morgan fingerprint density at radius 2 is 1.76 bits per heavy atom. The Balaban J connectivity index is 1.24. The average molecular weight is 519 g/mol. The molecular weight excluding hydrogens is 464 g/mol. The Bertz CT molecular complexity index is 826. The molecule has 0 unspecified atom stereocenters. The molecule has 0 aromatic carbocycles. The monoisotopic (exact) mass is 518 g/mol. The molecule has 12 atom stereocenters. The predicted molar refractivity (Wildman–Crippen MR) is 146 cm³/mol. The summed E-state index contributed by atoms with van der Waals surface area (Å²) >= 11 is 0. The molecule has 0 aromatic heterocycles. The number of hydrogen-bond acceptors (Lipinski definition) is 5. The van der Waals surface area contributed by atoms with E-state index in [1.807, 2.05) is 0 Å². The molecule has 0 bridgehead atoms. The van der Waals surface area contributed by atoms with Crippen LogP contribution in [0.2, 0.25) is 0 Å². The number of fused-ring (bicyclic) bond motifs is 5. The fourth-order valence-electron chi connectivity index (χ4n) is 9.86. The maximum atomic E-state index is 10.3. The van der Waals surface area contributed by atoms with E-state index in [1.165, 1.54) is 51.4 Å². The normalized spacial score (nSPS) is 48.7. The number of aliphatic hydroxyl groups excluding tert-OH is 3. The lowest BCUT2D eigenvalue weighted by atomic mass is 9.47. The molecule has 0 amide bonds. The number of hydrogen-bond donors (Lipinski definition) is 3. The molecule has 37 heavy (non-hydrogen) atoms. The van der Waals surface area contributed by atoms with Crippen LogP contribution in [-0.4, -0.2) is 52.6 Å². The molecule has 0 radical (unpaired) electrons. The van der Waals surface area contributed by atoms with Crippen LogP contribution in [0.4, 0.5) is 0 Å². The van der Waals surface area contributed by atoms with E-state index in [9.17, 15) is 15.3 Å². The van der Waals surface area contributed by atoms with Crippen LogP contribution in [0.15, 0.2) is 11.6 Å². The standard InChI is InChI=1S/C32H54O5/c1-19(2)7-6-8-20(3)24-11-12-25-23-10-9-21-17-22(37-30-29(35)28(34)27(33)18-36-30)13-15-31(21,4)26(23)14-16-32(24,25)5/h9,19-20,22-30,33-35H,6-8,10-18H2,1-5H3/t20-,22+,23+,24-,25+,26+,27-,28+,29-,30+,31+,32-/m1/s1. The van der Waals surface area contributed by atoms with E-state index in [1.54, 1.807) is 5.57 Å². The minimum Gasteiger partial charge on any atom is -0.388 e. The van der Waals surface area contributed by atoms with Crippen LogP contribution in [0.25, 0.3) is 0 Å². The number of allylic oxidation sites excluding steroid dienone is 1. The molecule has 3 N–H and O–H groups in total. The summed E-state index contributed by atoms with van der Waals surface area (Å²) in [6.45, 7) is 12.5. The van der Waals surface area contributed by atoms with E-state index in [4.69, 9.17) is 9.47 Å². The van der Waals surface area contributed by atoms with Crippen LogP contribution >= 0.6 is 0 Å². The van der Waals surface area contributed by atoms with Crippen molar-refractivity contribution in [3.8, 4) is 0 Å². The lowest BCUT2D eigenvalue weighted by Gasteiger charge is -2.58. The third-order valence-corrected chi connectivity index (χ3v) is 12.0. The maximum Gasteiger partial charge on any atom is 0.186 e. The Morgan fingerprint density at radius 1 is 0.973 bits per heavy atom. The number of rotatable bonds is 7. The zero-order chi connectivity index (χ0) is 26.5. The van der Waals surface area contributed by atoms with Gasteiger partial charge in [0.1, 0.15) is 18.3 Å². The highest BCUT2D eigenvalue weighted by Crippen LogP contribution is 2.67. The van der Waals surface area contributed by atoms with Gasteiger partial charge in [-0.25, -0.2) is 0 Å². The first-order valence-electron chi connectivity index (χ1n) is 15.6. The second-order valence-electron chi connectivity index (χ2n) is 14.5. The summed E-state index contributed by atoms with van der Waals surface area (Å²) in [6, 6.07) is 0. The van der Waals surface area contributed by atoms with Gasteiger partial charge >= 0.3 is 0 Å². The van der Waals surface area contributed by atoms with Crippen molar-refractivity contribution in [1.82, 2.24) is 0 Å². The van der Waals surface area contributed by atoms with Gasteiger partial charge in [0, 0.05) is 0 Å². The fourth-order valence-corrected chi connectivity index (χ4v) is 9.86. The van der Waals surface area contributed by atoms with Gasteiger partial charge in [-0.05, 0) is 97.7 Å². The first-order chi connectivity index (χ1) is 17.5. The fraction of sp³-hybridized carbons (Fsp3) is 0.938. The zero-order valence-corrected chi connectivity index (χ0v) is 24.1. The van der Waals surface area contributed by atoms with Gasteiger partial charge in [0.15, 0.2) is 6.29 Å². The molecule has 4 aliphatic carbocycles. The highest BCUT2D eigenvalue weighted by molar-refractivity contribution is 5.25. The average Bonchev–Trinajstić information content (AvgIpc) is 3.21. The van der Waals surface area contributed by atoms with E-state index in [0.29, 0.717) is 5.41 Å². The van der Waals surface area contributed by atoms with Gasteiger partial charge in [0.05, 0.1) is 12.7 Å². The molecule has 5 aliphatic rings. The van der Waals surface area contributed by atoms with E-state index >= 15 is 0 Å². The van der Waals surface area contributed by atoms with E-state index in [2.05, 4.69) is 40.7 Å². The molecule has 5 heteroatoms. The number of ether oxygens (including phenoxy) is 2. The van der Waals surface area contributed by atoms with Gasteiger partial charge in [0.25, 0.3) is 0 Å². The van der Waals surface area contributed by atoms with Gasteiger partial charge in [-0.3, -0.25) is 0 Å². The van der Waals surface area contributed by atoms with Crippen molar-refractivity contribution in [1.29, 1.82) is 0 Å². The Hall–Kier alpha value is -0.460. The van der Waals surface area contributed by atoms with Crippen LogP contribution < -0.4 is 0 Å². The third-order valence-electron chi connectivity index (χ3n) is 12.0. The molecule has 1 heterocycles. The SMILES string of the molecule is CC(C)CCC[C@@H](C)[C@H]1CC[C@H]2[C@@H]3CC=C4C[C@@H](O[C@@H]5OC[C@@H](O)[C@H](O)[C@H]5O)CC[C@]4(C)[C@H]3CC[C@]12C. The summed E-state index contributed by atoms with van der Waals surface area (Å²) in [7, 11) is 0. The van der Waals surface area contributed by atoms with Crippen molar-refractivity contribution in [3.63, 3.8) is 0 Å². The van der Waals surface area contributed by atoms with Crippen LogP contribution in [0.5, 0.6) is 0 Å². The lowest BCUT2D eigenvalue weighted by Crippen LogP contribution is -2.55. The van der Waals surface area contributed by atoms with Crippen molar-refractivity contribution in [3.05, 3.63) is 11.6 Å². The third kappa shape index (κ3) is 5.10. The Labute approximate surface area is 225 Å². The number of aliphatic hydroxyl groups is 3. The van der Waals surface area contributed by atoms with Crippen molar-refractivity contribution < 1.29 is 24.8 Å². The molecule has 212 valence electrons. The largest absolute Gasteiger partial charge is 0.388 e. The topological polar surface area (TPSA) is 79.2 Å². The smallest absolute Gasteiger partial charge is 0.186 e. The molecule has 5 nitrogen and oxygen atoms in total. The Morgan fingerprint density at radius 3 is 2.51 bits per heavy atom. The van der Waals surface area contributed by atoms with Crippen LogP contribution in [0.1, 0.15) is 105 Å².